The molecule has 0 saturated heterocycles. The standard InChI is InChI=1S/C22H21F3N4O2S/c1-13-6-11-18-19(12-26)20(29(21(18)27-13)16-4-3-5-16)15-7-9-17(10-8-15)32(30,31)28-14(2)22(23,24)25/h6-11,14,16,28H,3-5H2,1-2H3/t14-/m0/s1. The molecule has 168 valence electrons. The summed E-state index contributed by atoms with van der Waals surface area (Å²) in [6.45, 7) is 2.62. The van der Waals surface area contributed by atoms with Crippen LogP contribution >= 0.6 is 0 Å². The molecule has 2 aromatic heterocycles. The first-order valence-corrected chi connectivity index (χ1v) is 11.6. The van der Waals surface area contributed by atoms with E-state index in [2.05, 4.69) is 11.1 Å². The molecule has 1 aromatic carbocycles. The van der Waals surface area contributed by atoms with Crippen molar-refractivity contribution in [1.29, 1.82) is 5.26 Å². The van der Waals surface area contributed by atoms with Gasteiger partial charge in [0.25, 0.3) is 0 Å². The van der Waals surface area contributed by atoms with E-state index in [9.17, 15) is 26.9 Å². The number of nitriles is 1. The third kappa shape index (κ3) is 3.87. The zero-order valence-electron chi connectivity index (χ0n) is 17.4. The molecule has 1 aliphatic carbocycles. The van der Waals surface area contributed by atoms with Crippen molar-refractivity contribution in [2.24, 2.45) is 0 Å². The molecule has 0 amide bonds. The molecular weight excluding hydrogens is 441 g/mol. The minimum atomic E-state index is -4.69. The lowest BCUT2D eigenvalue weighted by atomic mass is 9.92. The smallest absolute Gasteiger partial charge is 0.321 e. The molecule has 0 radical (unpaired) electrons. The minimum Gasteiger partial charge on any atom is -0.321 e. The highest BCUT2D eigenvalue weighted by atomic mass is 32.2. The van der Waals surface area contributed by atoms with Crippen molar-refractivity contribution in [3.63, 3.8) is 0 Å². The molecule has 6 nitrogen and oxygen atoms in total. The van der Waals surface area contributed by atoms with Gasteiger partial charge in [0.1, 0.15) is 17.8 Å². The van der Waals surface area contributed by atoms with Crippen molar-refractivity contribution in [1.82, 2.24) is 14.3 Å². The summed E-state index contributed by atoms with van der Waals surface area (Å²) in [5, 5.41) is 10.6. The van der Waals surface area contributed by atoms with E-state index in [1.165, 1.54) is 24.3 Å². The number of nitrogens with one attached hydrogen (secondary N) is 1. The van der Waals surface area contributed by atoms with Crippen LogP contribution in [-0.4, -0.2) is 30.2 Å². The number of hydrogen-bond donors (Lipinski definition) is 1. The quantitative estimate of drug-likeness (QED) is 0.588. The van der Waals surface area contributed by atoms with Gasteiger partial charge in [-0.1, -0.05) is 12.1 Å². The molecule has 0 bridgehead atoms. The summed E-state index contributed by atoms with van der Waals surface area (Å²) < 4.78 is 66.8. The van der Waals surface area contributed by atoms with Crippen molar-refractivity contribution < 1.29 is 21.6 Å². The minimum absolute atomic E-state index is 0.182. The number of fused-ring (bicyclic) bond motifs is 1. The first kappa shape index (κ1) is 22.3. The van der Waals surface area contributed by atoms with Gasteiger partial charge in [0.2, 0.25) is 10.0 Å². The number of alkyl halides is 3. The van der Waals surface area contributed by atoms with Crippen LogP contribution < -0.4 is 4.72 Å². The second-order valence-electron chi connectivity index (χ2n) is 8.02. The maximum atomic E-state index is 12.8. The molecule has 1 saturated carbocycles. The van der Waals surface area contributed by atoms with E-state index < -0.39 is 22.2 Å². The number of benzene rings is 1. The number of aromatic nitrogens is 2. The highest BCUT2D eigenvalue weighted by molar-refractivity contribution is 7.89. The third-order valence-corrected chi connectivity index (χ3v) is 7.36. The van der Waals surface area contributed by atoms with Gasteiger partial charge in [-0.25, -0.2) is 13.4 Å². The summed E-state index contributed by atoms with van der Waals surface area (Å²) in [5.74, 6) is 0. The summed E-state index contributed by atoms with van der Waals surface area (Å²) in [4.78, 5) is 4.36. The lowest BCUT2D eigenvalue weighted by Gasteiger charge is -2.29. The first-order chi connectivity index (χ1) is 15.0. The van der Waals surface area contributed by atoms with Crippen LogP contribution in [0.5, 0.6) is 0 Å². The fourth-order valence-electron chi connectivity index (χ4n) is 3.83. The predicted octanol–water partition coefficient (Wildman–Crippen LogP) is 4.84. The van der Waals surface area contributed by atoms with Crippen molar-refractivity contribution in [2.75, 3.05) is 0 Å². The molecule has 4 rings (SSSR count). The molecule has 0 unspecified atom stereocenters. The van der Waals surface area contributed by atoms with Crippen molar-refractivity contribution in [3.8, 4) is 17.3 Å². The SMILES string of the molecule is Cc1ccc2c(C#N)c(-c3ccc(S(=O)(=O)N[C@@H](C)C(F)(F)F)cc3)n(C3CCC3)c2n1. The van der Waals surface area contributed by atoms with Crippen LogP contribution in [0.3, 0.4) is 0 Å². The van der Waals surface area contributed by atoms with E-state index in [-0.39, 0.29) is 10.9 Å². The Balaban J connectivity index is 1.80. The van der Waals surface area contributed by atoms with Crippen LogP contribution in [0.25, 0.3) is 22.3 Å². The Morgan fingerprint density at radius 1 is 1.19 bits per heavy atom. The van der Waals surface area contributed by atoms with Crippen molar-refractivity contribution in [3.05, 3.63) is 47.7 Å². The number of aryl methyl sites for hydroxylation is 1. The zero-order valence-corrected chi connectivity index (χ0v) is 18.3. The fraction of sp³-hybridized carbons (Fsp3) is 0.364. The summed E-state index contributed by atoms with van der Waals surface area (Å²) in [6, 6.07) is 9.45. The summed E-state index contributed by atoms with van der Waals surface area (Å²) in [5.41, 5.74) is 3.22. The number of sulfonamides is 1. The van der Waals surface area contributed by atoms with Crippen LogP contribution in [0, 0.1) is 18.3 Å². The van der Waals surface area contributed by atoms with Gasteiger partial charge in [0, 0.05) is 17.1 Å². The molecule has 1 N–H and O–H groups in total. The van der Waals surface area contributed by atoms with Crippen LogP contribution in [-0.2, 0) is 10.0 Å². The van der Waals surface area contributed by atoms with Crippen molar-refractivity contribution in [2.45, 2.75) is 56.3 Å². The fourth-order valence-corrected chi connectivity index (χ4v) is 5.06. The molecule has 1 atom stereocenters. The molecule has 10 heteroatoms. The van der Waals surface area contributed by atoms with Gasteiger partial charge < -0.3 is 4.57 Å². The van der Waals surface area contributed by atoms with Gasteiger partial charge in [-0.15, -0.1) is 0 Å². The second kappa shape index (κ2) is 7.90. The van der Waals surface area contributed by atoms with E-state index in [0.29, 0.717) is 22.5 Å². The van der Waals surface area contributed by atoms with Gasteiger partial charge in [-0.3, -0.25) is 0 Å². The Morgan fingerprint density at radius 2 is 1.84 bits per heavy atom. The van der Waals surface area contributed by atoms with Crippen LogP contribution in [0.15, 0.2) is 41.3 Å². The second-order valence-corrected chi connectivity index (χ2v) is 9.74. The summed E-state index contributed by atoms with van der Waals surface area (Å²) in [6.07, 6.45) is -1.73. The first-order valence-electron chi connectivity index (χ1n) is 10.1. The lowest BCUT2D eigenvalue weighted by Crippen LogP contribution is -2.42. The maximum absolute atomic E-state index is 12.8. The molecule has 0 aliphatic heterocycles. The Morgan fingerprint density at radius 3 is 2.38 bits per heavy atom. The number of halogens is 3. The van der Waals surface area contributed by atoms with Crippen LogP contribution in [0.4, 0.5) is 13.2 Å². The van der Waals surface area contributed by atoms with E-state index >= 15 is 0 Å². The zero-order chi connectivity index (χ0) is 23.3. The third-order valence-electron chi connectivity index (χ3n) is 5.80. The van der Waals surface area contributed by atoms with E-state index in [1.807, 2.05) is 23.6 Å². The summed E-state index contributed by atoms with van der Waals surface area (Å²) in [7, 11) is -4.36. The number of rotatable bonds is 5. The monoisotopic (exact) mass is 462 g/mol. The molecule has 1 fully saturated rings. The Kier molecular flexibility index (Phi) is 5.51. The van der Waals surface area contributed by atoms with E-state index in [0.717, 1.165) is 37.3 Å². The molecule has 2 heterocycles. The molecule has 32 heavy (non-hydrogen) atoms. The molecule has 1 aliphatic rings. The van der Waals surface area contributed by atoms with Crippen LogP contribution in [0.2, 0.25) is 0 Å². The Labute approximate surface area is 183 Å². The maximum Gasteiger partial charge on any atom is 0.404 e. The number of nitrogens with zero attached hydrogens (tertiary/aromatic N) is 3. The van der Waals surface area contributed by atoms with Gasteiger partial charge >= 0.3 is 6.18 Å². The molecular formula is C22H21F3N4O2S. The van der Waals surface area contributed by atoms with Gasteiger partial charge in [-0.05, 0) is 62.9 Å². The van der Waals surface area contributed by atoms with E-state index in [4.69, 9.17) is 0 Å². The molecule has 3 aromatic rings. The highest BCUT2D eigenvalue weighted by Crippen LogP contribution is 2.42. The number of hydrogen-bond acceptors (Lipinski definition) is 4. The predicted molar refractivity (Wildman–Crippen MR) is 113 cm³/mol. The van der Waals surface area contributed by atoms with Gasteiger partial charge in [0.05, 0.1) is 16.2 Å². The van der Waals surface area contributed by atoms with Crippen LogP contribution in [0.1, 0.15) is 43.5 Å². The highest BCUT2D eigenvalue weighted by Gasteiger charge is 2.39. The topological polar surface area (TPSA) is 87.8 Å². The average Bonchev–Trinajstić information content (AvgIpc) is 2.99. The van der Waals surface area contributed by atoms with Crippen molar-refractivity contribution >= 4 is 21.1 Å². The summed E-state index contributed by atoms with van der Waals surface area (Å²) >= 11 is 0. The number of pyridine rings is 1. The lowest BCUT2D eigenvalue weighted by molar-refractivity contribution is -0.147. The van der Waals surface area contributed by atoms with E-state index in [1.54, 1.807) is 4.72 Å². The Bertz CT molecular complexity index is 1320. The average molecular weight is 462 g/mol. The largest absolute Gasteiger partial charge is 0.404 e. The molecule has 0 spiro atoms. The normalized spacial score (nSPS) is 16.0. The van der Waals surface area contributed by atoms with Gasteiger partial charge in [0.15, 0.2) is 0 Å². The van der Waals surface area contributed by atoms with Gasteiger partial charge in [-0.2, -0.15) is 23.2 Å². The Hall–Kier alpha value is -2.90.